The van der Waals surface area contributed by atoms with Crippen molar-refractivity contribution in [3.05, 3.63) is 16.7 Å². The van der Waals surface area contributed by atoms with Crippen LogP contribution in [-0.2, 0) is 17.6 Å². The molecule has 0 fully saturated rings. The van der Waals surface area contributed by atoms with Gasteiger partial charge in [0.1, 0.15) is 0 Å². The van der Waals surface area contributed by atoms with Gasteiger partial charge in [0.15, 0.2) is 11.5 Å². The summed E-state index contributed by atoms with van der Waals surface area (Å²) in [6.45, 7) is 6.55. The first-order valence-electron chi connectivity index (χ1n) is 10.4. The van der Waals surface area contributed by atoms with Gasteiger partial charge in [-0.1, -0.05) is 59.3 Å². The highest BCUT2D eigenvalue weighted by molar-refractivity contribution is 5.95. The van der Waals surface area contributed by atoms with Crippen LogP contribution in [0.1, 0.15) is 100 Å². The fourth-order valence-electron chi connectivity index (χ4n) is 3.24. The Morgan fingerprint density at radius 3 is 1.59 bits per heavy atom. The summed E-state index contributed by atoms with van der Waals surface area (Å²) in [5, 5.41) is 31.0. The van der Waals surface area contributed by atoms with Gasteiger partial charge < -0.3 is 20.1 Å². The molecule has 5 heteroatoms. The third-order valence-electron chi connectivity index (χ3n) is 4.87. The van der Waals surface area contributed by atoms with Crippen LogP contribution in [0.5, 0.6) is 17.2 Å². The highest BCUT2D eigenvalue weighted by Gasteiger charge is 2.27. The minimum atomic E-state index is -0.532. The summed E-state index contributed by atoms with van der Waals surface area (Å²) >= 11 is 0. The van der Waals surface area contributed by atoms with E-state index in [1.807, 2.05) is 0 Å². The van der Waals surface area contributed by atoms with Crippen LogP contribution in [0.3, 0.4) is 0 Å². The third-order valence-corrected chi connectivity index (χ3v) is 4.87. The van der Waals surface area contributed by atoms with Crippen molar-refractivity contribution in [3.8, 4) is 17.2 Å². The van der Waals surface area contributed by atoms with Crippen LogP contribution in [0, 0.1) is 0 Å². The van der Waals surface area contributed by atoms with Crippen LogP contribution in [0.2, 0.25) is 0 Å². The average molecular weight is 381 g/mol. The van der Waals surface area contributed by atoms with E-state index in [0.717, 1.165) is 57.8 Å². The standard InChI is InChI=1S/C22H36O5/c1-4-7-10-13-16-18(22(26)27-15-12-9-6-3)17(14-11-8-5-2)20(24)21(25)19(16)23/h23-25H,4-15H2,1-3H3. The number of ether oxygens (including phenoxy) is 1. The molecule has 0 radical (unpaired) electrons. The SMILES string of the molecule is CCCCCOC(=O)c1c(CCCCC)c(O)c(O)c(O)c1CCCCC. The van der Waals surface area contributed by atoms with Crippen LogP contribution in [0.15, 0.2) is 0 Å². The summed E-state index contributed by atoms with van der Waals surface area (Å²) in [6, 6.07) is 0. The maximum Gasteiger partial charge on any atom is 0.338 e. The number of rotatable bonds is 13. The molecular weight excluding hydrogens is 344 g/mol. The van der Waals surface area contributed by atoms with E-state index in [-0.39, 0.29) is 5.56 Å². The van der Waals surface area contributed by atoms with Crippen LogP contribution < -0.4 is 0 Å². The van der Waals surface area contributed by atoms with Crippen molar-refractivity contribution in [3.63, 3.8) is 0 Å². The maximum atomic E-state index is 12.8. The largest absolute Gasteiger partial charge is 0.504 e. The van der Waals surface area contributed by atoms with Crippen molar-refractivity contribution in [1.82, 2.24) is 0 Å². The third kappa shape index (κ3) is 6.64. The molecule has 0 unspecified atom stereocenters. The molecule has 1 rings (SSSR count). The molecule has 0 aromatic heterocycles. The predicted octanol–water partition coefficient (Wildman–Crippen LogP) is 5.62. The molecule has 154 valence electrons. The van der Waals surface area contributed by atoms with E-state index in [1.165, 1.54) is 0 Å². The van der Waals surface area contributed by atoms with Crippen LogP contribution >= 0.6 is 0 Å². The summed E-state index contributed by atoms with van der Waals surface area (Å²) in [5.74, 6) is -1.85. The minimum Gasteiger partial charge on any atom is -0.504 e. The zero-order valence-electron chi connectivity index (χ0n) is 17.1. The zero-order valence-corrected chi connectivity index (χ0v) is 17.1. The number of phenols is 3. The van der Waals surface area contributed by atoms with Gasteiger partial charge in [0.05, 0.1) is 12.2 Å². The molecule has 5 nitrogen and oxygen atoms in total. The van der Waals surface area contributed by atoms with E-state index in [1.54, 1.807) is 0 Å². The predicted molar refractivity (Wildman–Crippen MR) is 108 cm³/mol. The van der Waals surface area contributed by atoms with E-state index in [2.05, 4.69) is 20.8 Å². The Balaban J connectivity index is 3.25. The van der Waals surface area contributed by atoms with Crippen LogP contribution in [0.4, 0.5) is 0 Å². The van der Waals surface area contributed by atoms with Crippen molar-refractivity contribution in [1.29, 1.82) is 0 Å². The van der Waals surface area contributed by atoms with Gasteiger partial charge in [-0.25, -0.2) is 4.79 Å². The van der Waals surface area contributed by atoms with Gasteiger partial charge in [-0.3, -0.25) is 0 Å². The molecule has 27 heavy (non-hydrogen) atoms. The van der Waals surface area contributed by atoms with Gasteiger partial charge in [-0.2, -0.15) is 0 Å². The van der Waals surface area contributed by atoms with Crippen molar-refractivity contribution < 1.29 is 24.9 Å². The van der Waals surface area contributed by atoms with Gasteiger partial charge in [0, 0.05) is 11.1 Å². The molecule has 0 aliphatic rings. The fraction of sp³-hybridized carbons (Fsp3) is 0.682. The molecule has 0 saturated heterocycles. The lowest BCUT2D eigenvalue weighted by Gasteiger charge is -2.19. The number of hydrogen-bond acceptors (Lipinski definition) is 5. The molecule has 0 aliphatic carbocycles. The minimum absolute atomic E-state index is 0.242. The maximum absolute atomic E-state index is 12.8. The van der Waals surface area contributed by atoms with E-state index < -0.39 is 23.2 Å². The Hall–Kier alpha value is -1.91. The molecule has 1 aromatic rings. The molecule has 0 bridgehead atoms. The number of benzene rings is 1. The topological polar surface area (TPSA) is 87.0 Å². The first-order chi connectivity index (χ1) is 13.0. The number of carbonyl (C=O) groups is 1. The highest BCUT2D eigenvalue weighted by Crippen LogP contribution is 2.44. The average Bonchev–Trinajstić information content (AvgIpc) is 2.66. The first kappa shape index (κ1) is 23.1. The first-order valence-corrected chi connectivity index (χ1v) is 10.4. The normalized spacial score (nSPS) is 10.9. The summed E-state index contributed by atoms with van der Waals surface area (Å²) in [4.78, 5) is 12.8. The summed E-state index contributed by atoms with van der Waals surface area (Å²) < 4.78 is 5.43. The monoisotopic (exact) mass is 380 g/mol. The summed E-state index contributed by atoms with van der Waals surface area (Å²) in [6.07, 6.45) is 9.23. The molecular formula is C22H36O5. The Morgan fingerprint density at radius 2 is 1.15 bits per heavy atom. The highest BCUT2D eigenvalue weighted by atomic mass is 16.5. The fourth-order valence-corrected chi connectivity index (χ4v) is 3.24. The Morgan fingerprint density at radius 1 is 0.704 bits per heavy atom. The van der Waals surface area contributed by atoms with Gasteiger partial charge in [-0.05, 0) is 32.1 Å². The number of unbranched alkanes of at least 4 members (excludes halogenated alkanes) is 6. The number of aromatic hydroxyl groups is 3. The van der Waals surface area contributed by atoms with E-state index in [0.29, 0.717) is 30.6 Å². The number of esters is 1. The van der Waals surface area contributed by atoms with Crippen molar-refractivity contribution in [2.75, 3.05) is 6.61 Å². The number of phenolic OH excluding ortho intramolecular Hbond substituents is 3. The molecule has 0 amide bonds. The molecule has 3 N–H and O–H groups in total. The number of hydrogen-bond donors (Lipinski definition) is 3. The lowest BCUT2D eigenvalue weighted by atomic mass is 9.91. The summed E-state index contributed by atoms with van der Waals surface area (Å²) in [5.41, 5.74) is 1.03. The summed E-state index contributed by atoms with van der Waals surface area (Å²) in [7, 11) is 0. The molecule has 0 heterocycles. The molecule has 0 aliphatic heterocycles. The van der Waals surface area contributed by atoms with Gasteiger partial charge >= 0.3 is 5.97 Å². The lowest BCUT2D eigenvalue weighted by Crippen LogP contribution is -2.14. The van der Waals surface area contributed by atoms with Gasteiger partial charge in [0.25, 0.3) is 0 Å². The quantitative estimate of drug-likeness (QED) is 0.235. The Kier molecular flexibility index (Phi) is 10.7. The van der Waals surface area contributed by atoms with E-state index in [9.17, 15) is 20.1 Å². The van der Waals surface area contributed by atoms with Gasteiger partial charge in [0.2, 0.25) is 5.75 Å². The second-order valence-electron chi connectivity index (χ2n) is 7.14. The smallest absolute Gasteiger partial charge is 0.338 e. The second-order valence-corrected chi connectivity index (χ2v) is 7.14. The number of carbonyl (C=O) groups excluding carboxylic acids is 1. The Labute approximate surface area is 163 Å². The molecule has 0 spiro atoms. The second kappa shape index (κ2) is 12.5. The zero-order chi connectivity index (χ0) is 20.2. The van der Waals surface area contributed by atoms with Crippen molar-refractivity contribution in [2.24, 2.45) is 0 Å². The van der Waals surface area contributed by atoms with Crippen LogP contribution in [0.25, 0.3) is 0 Å². The van der Waals surface area contributed by atoms with Crippen molar-refractivity contribution >= 4 is 5.97 Å². The Bertz CT molecular complexity index is 558. The van der Waals surface area contributed by atoms with Gasteiger partial charge in [-0.15, -0.1) is 0 Å². The molecule has 0 saturated carbocycles. The van der Waals surface area contributed by atoms with Crippen LogP contribution in [-0.4, -0.2) is 27.9 Å². The molecule has 0 atom stereocenters. The molecule has 1 aromatic carbocycles. The van der Waals surface area contributed by atoms with E-state index in [4.69, 9.17) is 4.74 Å². The van der Waals surface area contributed by atoms with E-state index >= 15 is 0 Å². The lowest BCUT2D eigenvalue weighted by molar-refractivity contribution is 0.0494. The van der Waals surface area contributed by atoms with Crippen molar-refractivity contribution in [2.45, 2.75) is 91.4 Å².